The number of nitrogens with zero attached hydrogens (tertiary/aromatic N) is 1. The Labute approximate surface area is 112 Å². The van der Waals surface area contributed by atoms with E-state index in [0.717, 1.165) is 24.9 Å². The Morgan fingerprint density at radius 2 is 2.00 bits per heavy atom. The van der Waals surface area contributed by atoms with Crippen LogP contribution in [0.1, 0.15) is 30.7 Å². The molecular weight excluding hydrogens is 240 g/mol. The van der Waals surface area contributed by atoms with Gasteiger partial charge in [0.15, 0.2) is 0 Å². The van der Waals surface area contributed by atoms with Crippen LogP contribution in [0, 0.1) is 0 Å². The topological polar surface area (TPSA) is 49.4 Å². The number of amides is 2. The molecule has 4 heteroatoms. The van der Waals surface area contributed by atoms with Gasteiger partial charge in [0.05, 0.1) is 5.92 Å². The Hall–Kier alpha value is -1.68. The third-order valence-electron chi connectivity index (χ3n) is 4.01. The van der Waals surface area contributed by atoms with Crippen LogP contribution in [0.2, 0.25) is 0 Å². The second-order valence-electron chi connectivity index (χ2n) is 5.30. The number of rotatable bonds is 3. The number of hydrogen-bond acceptors (Lipinski definition) is 3. The average molecular weight is 258 g/mol. The first-order valence-corrected chi connectivity index (χ1v) is 6.88. The Bertz CT molecular complexity index is 480. The molecule has 0 radical (unpaired) electrons. The Morgan fingerprint density at radius 3 is 2.68 bits per heavy atom. The van der Waals surface area contributed by atoms with Crippen LogP contribution in [-0.2, 0) is 9.59 Å². The fraction of sp³-hybridized carbons (Fsp3) is 0.467. The summed E-state index contributed by atoms with van der Waals surface area (Å²) in [5, 5.41) is 3.33. The predicted molar refractivity (Wildman–Crippen MR) is 71.5 cm³/mol. The summed E-state index contributed by atoms with van der Waals surface area (Å²) in [7, 11) is 0. The van der Waals surface area contributed by atoms with E-state index in [-0.39, 0.29) is 23.8 Å². The van der Waals surface area contributed by atoms with Crippen molar-refractivity contribution in [1.29, 1.82) is 0 Å². The predicted octanol–water partition coefficient (Wildman–Crippen LogP) is 1.28. The maximum absolute atomic E-state index is 12.4. The average Bonchev–Trinajstić information content (AvgIpc) is 3.03. The number of carbonyl (C=O) groups excluding carboxylic acids is 2. The van der Waals surface area contributed by atoms with Crippen molar-refractivity contribution in [3.05, 3.63) is 35.9 Å². The number of hydrogen-bond donors (Lipinski definition) is 1. The van der Waals surface area contributed by atoms with Crippen LogP contribution >= 0.6 is 0 Å². The van der Waals surface area contributed by atoms with Gasteiger partial charge in [-0.2, -0.15) is 0 Å². The lowest BCUT2D eigenvalue weighted by Gasteiger charge is -2.19. The highest BCUT2D eigenvalue weighted by Gasteiger charge is 2.40. The molecule has 2 atom stereocenters. The Balaban J connectivity index is 1.73. The minimum atomic E-state index is -0.282. The molecule has 2 unspecified atom stereocenters. The first-order chi connectivity index (χ1) is 9.25. The van der Waals surface area contributed by atoms with Crippen LogP contribution in [0.15, 0.2) is 30.3 Å². The molecule has 1 N–H and O–H groups in total. The van der Waals surface area contributed by atoms with E-state index in [1.807, 2.05) is 30.3 Å². The van der Waals surface area contributed by atoms with Crippen LogP contribution < -0.4 is 5.32 Å². The van der Waals surface area contributed by atoms with E-state index >= 15 is 0 Å². The van der Waals surface area contributed by atoms with Crippen LogP contribution in [-0.4, -0.2) is 35.8 Å². The molecule has 1 aromatic carbocycles. The normalized spacial score (nSPS) is 27.3. The van der Waals surface area contributed by atoms with Gasteiger partial charge in [-0.15, -0.1) is 0 Å². The quantitative estimate of drug-likeness (QED) is 0.831. The summed E-state index contributed by atoms with van der Waals surface area (Å²) in [4.78, 5) is 25.9. The zero-order chi connectivity index (χ0) is 13.2. The van der Waals surface area contributed by atoms with Crippen molar-refractivity contribution < 1.29 is 9.59 Å². The molecule has 2 fully saturated rings. The maximum Gasteiger partial charge on any atom is 0.237 e. The van der Waals surface area contributed by atoms with Gasteiger partial charge in [0.1, 0.15) is 0 Å². The standard InChI is InChI=1S/C15H18N2O2/c18-14-9-13(11-5-2-1-3-6-11)15(19)17(14)10-12-7-4-8-16-12/h1-3,5-6,12-13,16H,4,7-10H2. The van der Waals surface area contributed by atoms with Crippen molar-refractivity contribution in [1.82, 2.24) is 10.2 Å². The van der Waals surface area contributed by atoms with Crippen molar-refractivity contribution >= 4 is 11.8 Å². The number of carbonyl (C=O) groups is 2. The van der Waals surface area contributed by atoms with E-state index in [1.54, 1.807) is 0 Å². The molecule has 0 spiro atoms. The zero-order valence-electron chi connectivity index (χ0n) is 10.8. The highest BCUT2D eigenvalue weighted by atomic mass is 16.2. The van der Waals surface area contributed by atoms with E-state index in [9.17, 15) is 9.59 Å². The minimum Gasteiger partial charge on any atom is -0.312 e. The summed E-state index contributed by atoms with van der Waals surface area (Å²) in [6, 6.07) is 9.87. The minimum absolute atomic E-state index is 0.0347. The van der Waals surface area contributed by atoms with Crippen molar-refractivity contribution in [2.24, 2.45) is 0 Å². The second-order valence-corrected chi connectivity index (χ2v) is 5.30. The summed E-state index contributed by atoms with van der Waals surface area (Å²) >= 11 is 0. The van der Waals surface area contributed by atoms with Crippen LogP contribution in [0.5, 0.6) is 0 Å². The summed E-state index contributed by atoms with van der Waals surface area (Å²) in [5.41, 5.74) is 0.947. The molecule has 2 aliphatic heterocycles. The highest BCUT2D eigenvalue weighted by Crippen LogP contribution is 2.29. The lowest BCUT2D eigenvalue weighted by atomic mass is 9.98. The molecule has 0 aromatic heterocycles. The summed E-state index contributed by atoms with van der Waals surface area (Å²) in [6.45, 7) is 1.52. The van der Waals surface area contributed by atoms with Crippen molar-refractivity contribution in [2.45, 2.75) is 31.2 Å². The fourth-order valence-corrected chi connectivity index (χ4v) is 2.95. The summed E-state index contributed by atoms with van der Waals surface area (Å²) in [6.07, 6.45) is 2.49. The molecule has 100 valence electrons. The maximum atomic E-state index is 12.4. The highest BCUT2D eigenvalue weighted by molar-refractivity contribution is 6.06. The van der Waals surface area contributed by atoms with Gasteiger partial charge in [-0.1, -0.05) is 30.3 Å². The summed E-state index contributed by atoms with van der Waals surface area (Å²) in [5.74, 6) is -0.354. The number of likely N-dealkylation sites (tertiary alicyclic amines) is 1. The van der Waals surface area contributed by atoms with Crippen molar-refractivity contribution in [3.63, 3.8) is 0 Å². The van der Waals surface area contributed by atoms with E-state index in [4.69, 9.17) is 0 Å². The van der Waals surface area contributed by atoms with Gasteiger partial charge >= 0.3 is 0 Å². The van der Waals surface area contributed by atoms with Gasteiger partial charge in [-0.25, -0.2) is 0 Å². The van der Waals surface area contributed by atoms with E-state index in [1.165, 1.54) is 4.90 Å². The molecular formula is C15H18N2O2. The van der Waals surface area contributed by atoms with Crippen molar-refractivity contribution in [2.75, 3.05) is 13.1 Å². The molecule has 2 heterocycles. The molecule has 0 aliphatic carbocycles. The molecule has 19 heavy (non-hydrogen) atoms. The van der Waals surface area contributed by atoms with Gasteiger partial charge in [0.25, 0.3) is 0 Å². The van der Waals surface area contributed by atoms with Crippen LogP contribution in [0.4, 0.5) is 0 Å². The Morgan fingerprint density at radius 1 is 1.21 bits per heavy atom. The molecule has 2 saturated heterocycles. The van der Waals surface area contributed by atoms with E-state index in [2.05, 4.69) is 5.32 Å². The molecule has 2 amide bonds. The fourth-order valence-electron chi connectivity index (χ4n) is 2.95. The third-order valence-corrected chi connectivity index (χ3v) is 4.01. The van der Waals surface area contributed by atoms with Crippen LogP contribution in [0.3, 0.4) is 0 Å². The SMILES string of the molecule is O=C1CC(c2ccccc2)C(=O)N1CC1CCCN1. The largest absolute Gasteiger partial charge is 0.312 e. The van der Waals surface area contributed by atoms with Gasteiger partial charge in [0, 0.05) is 19.0 Å². The monoisotopic (exact) mass is 258 g/mol. The lowest BCUT2D eigenvalue weighted by Crippen LogP contribution is -2.40. The van der Waals surface area contributed by atoms with Gasteiger partial charge < -0.3 is 5.32 Å². The first-order valence-electron chi connectivity index (χ1n) is 6.88. The van der Waals surface area contributed by atoms with Gasteiger partial charge in [-0.3, -0.25) is 14.5 Å². The number of imide groups is 1. The van der Waals surface area contributed by atoms with E-state index < -0.39 is 0 Å². The van der Waals surface area contributed by atoms with E-state index in [0.29, 0.717) is 13.0 Å². The molecule has 0 bridgehead atoms. The summed E-state index contributed by atoms with van der Waals surface area (Å²) < 4.78 is 0. The smallest absolute Gasteiger partial charge is 0.237 e. The first kappa shape index (κ1) is 12.4. The molecule has 1 aromatic rings. The molecule has 3 rings (SSSR count). The third kappa shape index (κ3) is 2.40. The zero-order valence-corrected chi connectivity index (χ0v) is 10.8. The van der Waals surface area contributed by atoms with Gasteiger partial charge in [0.2, 0.25) is 11.8 Å². The Kier molecular flexibility index (Phi) is 3.34. The van der Waals surface area contributed by atoms with Gasteiger partial charge in [-0.05, 0) is 24.9 Å². The second kappa shape index (κ2) is 5.13. The number of nitrogens with one attached hydrogen (secondary N) is 1. The van der Waals surface area contributed by atoms with Crippen LogP contribution in [0.25, 0.3) is 0 Å². The van der Waals surface area contributed by atoms with Crippen molar-refractivity contribution in [3.8, 4) is 0 Å². The molecule has 4 nitrogen and oxygen atoms in total. The number of benzene rings is 1. The lowest BCUT2D eigenvalue weighted by molar-refractivity contribution is -0.139. The molecule has 0 saturated carbocycles. The molecule has 2 aliphatic rings.